The summed E-state index contributed by atoms with van der Waals surface area (Å²) in [5.74, 6) is 0.152. The molecule has 2 rings (SSSR count). The predicted molar refractivity (Wildman–Crippen MR) is 68.3 cm³/mol. The van der Waals surface area contributed by atoms with E-state index in [2.05, 4.69) is 0 Å². The first-order valence-corrected chi connectivity index (χ1v) is 5.82. The highest BCUT2D eigenvalue weighted by atomic mass is 16.5. The van der Waals surface area contributed by atoms with E-state index < -0.39 is 0 Å². The van der Waals surface area contributed by atoms with E-state index in [1.54, 1.807) is 18.2 Å². The maximum Gasteiger partial charge on any atom is 0.234 e. The Balaban J connectivity index is 2.44. The van der Waals surface area contributed by atoms with Gasteiger partial charge < -0.3 is 10.5 Å². The largest absolute Gasteiger partial charge is 0.495 e. The molecule has 0 unspecified atom stereocenters. The molecular formula is C13H16N2O3. The van der Waals surface area contributed by atoms with Crippen LogP contribution in [0, 0.1) is 5.92 Å². The second-order valence-corrected chi connectivity index (χ2v) is 4.57. The van der Waals surface area contributed by atoms with Gasteiger partial charge >= 0.3 is 0 Å². The predicted octanol–water partition coefficient (Wildman–Crippen LogP) is 1.57. The molecule has 0 atom stereocenters. The summed E-state index contributed by atoms with van der Waals surface area (Å²) in [7, 11) is 1.50. The lowest BCUT2D eigenvalue weighted by Crippen LogP contribution is -2.43. The average Bonchev–Trinajstić information content (AvgIpc) is 2.28. The lowest BCUT2D eigenvalue weighted by Gasteiger charge is -2.29. The third kappa shape index (κ3) is 2.16. The number of hydrogen-bond donors (Lipinski definition) is 1. The van der Waals surface area contributed by atoms with Crippen molar-refractivity contribution in [3.8, 4) is 5.75 Å². The molecule has 1 saturated heterocycles. The van der Waals surface area contributed by atoms with Crippen molar-refractivity contribution in [2.45, 2.75) is 19.8 Å². The van der Waals surface area contributed by atoms with Crippen LogP contribution in [0.4, 0.5) is 11.4 Å². The molecule has 1 aliphatic heterocycles. The fourth-order valence-corrected chi connectivity index (χ4v) is 2.14. The first-order chi connectivity index (χ1) is 8.52. The summed E-state index contributed by atoms with van der Waals surface area (Å²) >= 11 is 0. The molecule has 1 heterocycles. The minimum Gasteiger partial charge on any atom is -0.495 e. The maximum atomic E-state index is 12.0. The molecule has 18 heavy (non-hydrogen) atoms. The van der Waals surface area contributed by atoms with Crippen molar-refractivity contribution >= 4 is 23.2 Å². The van der Waals surface area contributed by atoms with E-state index >= 15 is 0 Å². The average molecular weight is 248 g/mol. The number of ether oxygens (including phenoxy) is 1. The second kappa shape index (κ2) is 4.68. The number of piperidine rings is 1. The molecule has 2 amide bonds. The number of amides is 2. The van der Waals surface area contributed by atoms with Crippen molar-refractivity contribution in [2.75, 3.05) is 17.7 Å². The molecule has 0 spiro atoms. The molecule has 1 aromatic rings. The third-order valence-electron chi connectivity index (χ3n) is 2.99. The Hall–Kier alpha value is -2.04. The van der Waals surface area contributed by atoms with Crippen molar-refractivity contribution in [1.82, 2.24) is 0 Å². The quantitative estimate of drug-likeness (QED) is 0.637. The first kappa shape index (κ1) is 12.4. The van der Waals surface area contributed by atoms with E-state index in [4.69, 9.17) is 10.5 Å². The van der Waals surface area contributed by atoms with E-state index in [0.717, 1.165) is 0 Å². The lowest BCUT2D eigenvalue weighted by molar-refractivity contribution is -0.130. The molecular weight excluding hydrogens is 232 g/mol. The fraction of sp³-hybridized carbons (Fsp3) is 0.385. The molecule has 1 aromatic carbocycles. The van der Waals surface area contributed by atoms with Gasteiger partial charge in [-0.05, 0) is 24.1 Å². The molecule has 5 nitrogen and oxygen atoms in total. The minimum absolute atomic E-state index is 0.0910. The topological polar surface area (TPSA) is 72.6 Å². The number of rotatable bonds is 2. The van der Waals surface area contributed by atoms with E-state index in [0.29, 0.717) is 30.0 Å². The number of imide groups is 1. The molecule has 1 aliphatic rings. The van der Waals surface area contributed by atoms with E-state index in [-0.39, 0.29) is 17.7 Å². The highest BCUT2D eigenvalue weighted by Crippen LogP contribution is 2.34. The van der Waals surface area contributed by atoms with Gasteiger partial charge in [0.15, 0.2) is 0 Å². The van der Waals surface area contributed by atoms with Gasteiger partial charge in [-0.1, -0.05) is 6.92 Å². The fourth-order valence-electron chi connectivity index (χ4n) is 2.14. The zero-order chi connectivity index (χ0) is 13.3. The SMILES string of the molecule is COc1ccc(N)cc1N1C(=O)CC(C)CC1=O. The Morgan fingerprint density at radius 1 is 1.28 bits per heavy atom. The van der Waals surface area contributed by atoms with Gasteiger partial charge in [0.2, 0.25) is 11.8 Å². The van der Waals surface area contributed by atoms with Gasteiger partial charge in [-0.2, -0.15) is 0 Å². The lowest BCUT2D eigenvalue weighted by atomic mass is 9.97. The monoisotopic (exact) mass is 248 g/mol. The van der Waals surface area contributed by atoms with E-state index in [9.17, 15) is 9.59 Å². The van der Waals surface area contributed by atoms with Crippen molar-refractivity contribution in [3.63, 3.8) is 0 Å². The zero-order valence-corrected chi connectivity index (χ0v) is 10.5. The van der Waals surface area contributed by atoms with Crippen LogP contribution < -0.4 is 15.4 Å². The Labute approximate surface area is 106 Å². The van der Waals surface area contributed by atoms with Crippen LogP contribution in [0.5, 0.6) is 5.75 Å². The molecule has 1 fully saturated rings. The molecule has 96 valence electrons. The molecule has 5 heteroatoms. The number of benzene rings is 1. The number of anilines is 2. The number of carbonyl (C=O) groups excluding carboxylic acids is 2. The molecule has 2 N–H and O–H groups in total. The van der Waals surface area contributed by atoms with Crippen molar-refractivity contribution in [3.05, 3.63) is 18.2 Å². The van der Waals surface area contributed by atoms with Gasteiger partial charge in [-0.15, -0.1) is 0 Å². The van der Waals surface area contributed by atoms with Crippen LogP contribution in [-0.2, 0) is 9.59 Å². The number of nitrogen functional groups attached to an aromatic ring is 1. The van der Waals surface area contributed by atoms with Crippen LogP contribution in [0.25, 0.3) is 0 Å². The van der Waals surface area contributed by atoms with E-state index in [1.165, 1.54) is 12.0 Å². The van der Waals surface area contributed by atoms with Crippen LogP contribution in [0.15, 0.2) is 18.2 Å². The minimum atomic E-state index is -0.206. The van der Waals surface area contributed by atoms with Crippen LogP contribution in [0.1, 0.15) is 19.8 Å². The summed E-state index contributed by atoms with van der Waals surface area (Å²) in [5, 5.41) is 0. The zero-order valence-electron chi connectivity index (χ0n) is 10.5. The third-order valence-corrected chi connectivity index (χ3v) is 2.99. The summed E-state index contributed by atoms with van der Waals surface area (Å²) in [6, 6.07) is 4.91. The normalized spacial score (nSPS) is 17.1. The van der Waals surface area contributed by atoms with Crippen LogP contribution in [-0.4, -0.2) is 18.9 Å². The summed E-state index contributed by atoms with van der Waals surface area (Å²) in [6.07, 6.45) is 0.730. The van der Waals surface area contributed by atoms with Gasteiger partial charge in [0.25, 0.3) is 0 Å². The number of nitrogens with zero attached hydrogens (tertiary/aromatic N) is 1. The standard InChI is InChI=1S/C13H16N2O3/c1-8-5-12(16)15(13(17)6-8)10-7-9(14)3-4-11(10)18-2/h3-4,7-8H,5-6,14H2,1-2H3. The number of hydrogen-bond acceptors (Lipinski definition) is 4. The molecule has 0 bridgehead atoms. The second-order valence-electron chi connectivity index (χ2n) is 4.57. The summed E-state index contributed by atoms with van der Waals surface area (Å²) < 4.78 is 5.18. The highest BCUT2D eigenvalue weighted by Gasteiger charge is 2.33. The summed E-state index contributed by atoms with van der Waals surface area (Å²) in [6.45, 7) is 1.89. The highest BCUT2D eigenvalue weighted by molar-refractivity contribution is 6.17. The molecule has 0 saturated carbocycles. The van der Waals surface area contributed by atoms with Crippen LogP contribution in [0.3, 0.4) is 0 Å². The summed E-state index contributed by atoms with van der Waals surface area (Å²) in [4.78, 5) is 25.2. The van der Waals surface area contributed by atoms with Gasteiger partial charge in [-0.3, -0.25) is 9.59 Å². The van der Waals surface area contributed by atoms with Crippen molar-refractivity contribution < 1.29 is 14.3 Å². The number of carbonyl (C=O) groups is 2. The molecule has 0 radical (unpaired) electrons. The Morgan fingerprint density at radius 2 is 1.89 bits per heavy atom. The Morgan fingerprint density at radius 3 is 2.44 bits per heavy atom. The first-order valence-electron chi connectivity index (χ1n) is 5.82. The summed E-state index contributed by atoms with van der Waals surface area (Å²) in [5.41, 5.74) is 6.62. The Bertz CT molecular complexity index is 481. The number of nitrogens with two attached hydrogens (primary N) is 1. The van der Waals surface area contributed by atoms with Crippen molar-refractivity contribution in [2.24, 2.45) is 5.92 Å². The Kier molecular flexibility index (Phi) is 3.23. The van der Waals surface area contributed by atoms with Crippen LogP contribution >= 0.6 is 0 Å². The molecule has 0 aliphatic carbocycles. The molecule has 0 aromatic heterocycles. The smallest absolute Gasteiger partial charge is 0.234 e. The van der Waals surface area contributed by atoms with E-state index in [1.807, 2.05) is 6.92 Å². The number of methoxy groups -OCH3 is 1. The van der Waals surface area contributed by atoms with Gasteiger partial charge in [0.1, 0.15) is 5.75 Å². The maximum absolute atomic E-state index is 12.0. The van der Waals surface area contributed by atoms with Gasteiger partial charge in [0, 0.05) is 18.5 Å². The van der Waals surface area contributed by atoms with Gasteiger partial charge in [-0.25, -0.2) is 4.90 Å². The van der Waals surface area contributed by atoms with Crippen molar-refractivity contribution in [1.29, 1.82) is 0 Å². The van der Waals surface area contributed by atoms with Gasteiger partial charge in [0.05, 0.1) is 12.8 Å². The van der Waals surface area contributed by atoms with Crippen LogP contribution in [0.2, 0.25) is 0 Å².